The molecule has 0 saturated carbocycles. The quantitative estimate of drug-likeness (QED) is 0.888. The van der Waals surface area contributed by atoms with Gasteiger partial charge in [0.15, 0.2) is 9.84 Å². The Morgan fingerprint density at radius 3 is 2.69 bits per heavy atom. The van der Waals surface area contributed by atoms with Crippen LogP contribution in [-0.2, 0) is 9.84 Å². The summed E-state index contributed by atoms with van der Waals surface area (Å²) in [6, 6.07) is 4.81. The molecule has 1 aromatic heterocycles. The lowest BCUT2D eigenvalue weighted by molar-refractivity contribution is 0.602. The summed E-state index contributed by atoms with van der Waals surface area (Å²) < 4.78 is 23.6. The maximum absolute atomic E-state index is 11.4. The van der Waals surface area contributed by atoms with Crippen molar-refractivity contribution in [1.29, 1.82) is 0 Å². The van der Waals surface area contributed by atoms with Gasteiger partial charge in [-0.3, -0.25) is 0 Å². The standard InChI is InChI=1S/C10H12N2O2S2/c1-6(11)10-12-8-4-3-7(16(2,13)14)5-9(8)15-10/h3-6H,11H2,1-2H3. The molecular formula is C10H12N2O2S2. The van der Waals surface area contributed by atoms with Crippen molar-refractivity contribution in [3.8, 4) is 0 Å². The van der Waals surface area contributed by atoms with Gasteiger partial charge in [-0.05, 0) is 25.1 Å². The third-order valence-electron chi connectivity index (χ3n) is 2.19. The van der Waals surface area contributed by atoms with Crippen LogP contribution >= 0.6 is 11.3 Å². The van der Waals surface area contributed by atoms with Crippen molar-refractivity contribution in [2.75, 3.05) is 6.26 Å². The van der Waals surface area contributed by atoms with E-state index in [1.54, 1.807) is 18.2 Å². The average molecular weight is 256 g/mol. The van der Waals surface area contributed by atoms with Gasteiger partial charge >= 0.3 is 0 Å². The molecule has 2 aromatic rings. The highest BCUT2D eigenvalue weighted by atomic mass is 32.2. The first kappa shape index (κ1) is 11.5. The number of nitrogens with zero attached hydrogens (tertiary/aromatic N) is 1. The zero-order valence-corrected chi connectivity index (χ0v) is 10.6. The Balaban J connectivity index is 2.63. The van der Waals surface area contributed by atoms with Crippen LogP contribution < -0.4 is 5.73 Å². The molecule has 0 amide bonds. The van der Waals surface area contributed by atoms with Crippen molar-refractivity contribution in [2.24, 2.45) is 5.73 Å². The summed E-state index contributed by atoms with van der Waals surface area (Å²) in [5.74, 6) is 0. The molecular weight excluding hydrogens is 244 g/mol. The molecule has 1 atom stereocenters. The molecule has 1 unspecified atom stereocenters. The van der Waals surface area contributed by atoms with E-state index in [4.69, 9.17) is 5.73 Å². The lowest BCUT2D eigenvalue weighted by Crippen LogP contribution is -2.03. The molecule has 2 rings (SSSR count). The van der Waals surface area contributed by atoms with E-state index < -0.39 is 9.84 Å². The Morgan fingerprint density at radius 1 is 1.44 bits per heavy atom. The molecule has 0 fully saturated rings. The van der Waals surface area contributed by atoms with Gasteiger partial charge < -0.3 is 5.73 Å². The number of thiazole rings is 1. The lowest BCUT2D eigenvalue weighted by atomic mass is 10.3. The number of sulfone groups is 1. The van der Waals surface area contributed by atoms with Gasteiger partial charge in [-0.15, -0.1) is 11.3 Å². The van der Waals surface area contributed by atoms with E-state index in [0.717, 1.165) is 15.2 Å². The Morgan fingerprint density at radius 2 is 2.12 bits per heavy atom. The molecule has 2 N–H and O–H groups in total. The molecule has 0 aliphatic heterocycles. The molecule has 0 aliphatic rings. The fourth-order valence-electron chi connectivity index (χ4n) is 1.35. The minimum Gasteiger partial charge on any atom is -0.322 e. The summed E-state index contributed by atoms with van der Waals surface area (Å²) in [5.41, 5.74) is 6.53. The van der Waals surface area contributed by atoms with Gasteiger partial charge in [0.2, 0.25) is 0 Å². The monoisotopic (exact) mass is 256 g/mol. The third kappa shape index (κ3) is 2.09. The second kappa shape index (κ2) is 3.80. The number of fused-ring (bicyclic) bond motifs is 1. The molecule has 0 saturated heterocycles. The van der Waals surface area contributed by atoms with E-state index in [2.05, 4.69) is 4.98 Å². The third-order valence-corrected chi connectivity index (χ3v) is 4.52. The number of benzene rings is 1. The number of rotatable bonds is 2. The fourth-order valence-corrected chi connectivity index (χ4v) is 3.03. The van der Waals surface area contributed by atoms with Crippen molar-refractivity contribution in [1.82, 2.24) is 4.98 Å². The summed E-state index contributed by atoms with van der Waals surface area (Å²) in [5, 5.41) is 0.820. The SMILES string of the molecule is CC(N)c1nc2ccc(S(C)(=O)=O)cc2s1. The maximum Gasteiger partial charge on any atom is 0.175 e. The molecule has 0 radical (unpaired) electrons. The molecule has 0 spiro atoms. The van der Waals surface area contributed by atoms with Gasteiger partial charge in [0, 0.05) is 6.26 Å². The van der Waals surface area contributed by atoms with Crippen molar-refractivity contribution in [3.05, 3.63) is 23.2 Å². The predicted octanol–water partition coefficient (Wildman–Crippen LogP) is 1.72. The van der Waals surface area contributed by atoms with Gasteiger partial charge in [0.05, 0.1) is 21.2 Å². The highest BCUT2D eigenvalue weighted by molar-refractivity contribution is 7.90. The molecule has 1 aromatic carbocycles. The normalized spacial score (nSPS) is 14.2. The number of hydrogen-bond donors (Lipinski definition) is 1. The number of hydrogen-bond acceptors (Lipinski definition) is 5. The van der Waals surface area contributed by atoms with Crippen LogP contribution in [0.5, 0.6) is 0 Å². The van der Waals surface area contributed by atoms with E-state index in [0.29, 0.717) is 4.90 Å². The van der Waals surface area contributed by atoms with Gasteiger partial charge in [-0.1, -0.05) is 0 Å². The van der Waals surface area contributed by atoms with Crippen LogP contribution in [0.2, 0.25) is 0 Å². The number of nitrogens with two attached hydrogens (primary N) is 1. The second-order valence-electron chi connectivity index (χ2n) is 3.74. The van der Waals surface area contributed by atoms with E-state index in [1.807, 2.05) is 6.92 Å². The average Bonchev–Trinajstić information content (AvgIpc) is 2.58. The first-order valence-electron chi connectivity index (χ1n) is 4.74. The Bertz CT molecular complexity index is 629. The highest BCUT2D eigenvalue weighted by Gasteiger charge is 2.11. The largest absolute Gasteiger partial charge is 0.322 e. The molecule has 4 nitrogen and oxygen atoms in total. The first-order valence-corrected chi connectivity index (χ1v) is 7.45. The summed E-state index contributed by atoms with van der Waals surface area (Å²) in [6.07, 6.45) is 1.20. The molecule has 0 aliphatic carbocycles. The smallest absolute Gasteiger partial charge is 0.175 e. The van der Waals surface area contributed by atoms with Crippen LogP contribution in [0.4, 0.5) is 0 Å². The summed E-state index contributed by atoms with van der Waals surface area (Å²) >= 11 is 1.44. The van der Waals surface area contributed by atoms with Crippen LogP contribution in [0.1, 0.15) is 18.0 Å². The van der Waals surface area contributed by atoms with E-state index in [1.165, 1.54) is 17.6 Å². The van der Waals surface area contributed by atoms with Crippen LogP contribution in [-0.4, -0.2) is 19.7 Å². The lowest BCUT2D eigenvalue weighted by Gasteiger charge is -1.96. The van der Waals surface area contributed by atoms with Gasteiger partial charge in [-0.25, -0.2) is 13.4 Å². The Labute approximate surface area is 98.0 Å². The topological polar surface area (TPSA) is 73.0 Å². The molecule has 86 valence electrons. The van der Waals surface area contributed by atoms with E-state index in [-0.39, 0.29) is 6.04 Å². The molecule has 1 heterocycles. The molecule has 16 heavy (non-hydrogen) atoms. The summed E-state index contributed by atoms with van der Waals surface area (Å²) in [7, 11) is -3.16. The van der Waals surface area contributed by atoms with Crippen molar-refractivity contribution in [3.63, 3.8) is 0 Å². The van der Waals surface area contributed by atoms with Crippen molar-refractivity contribution in [2.45, 2.75) is 17.9 Å². The van der Waals surface area contributed by atoms with Gasteiger partial charge in [0.1, 0.15) is 5.01 Å². The minimum atomic E-state index is -3.16. The van der Waals surface area contributed by atoms with Crippen LogP contribution in [0.25, 0.3) is 10.2 Å². The van der Waals surface area contributed by atoms with Crippen LogP contribution in [0.3, 0.4) is 0 Å². The molecule has 0 bridgehead atoms. The highest BCUT2D eigenvalue weighted by Crippen LogP contribution is 2.27. The van der Waals surface area contributed by atoms with Crippen molar-refractivity contribution >= 4 is 31.4 Å². The van der Waals surface area contributed by atoms with E-state index >= 15 is 0 Å². The zero-order valence-electron chi connectivity index (χ0n) is 8.97. The summed E-state index contributed by atoms with van der Waals surface area (Å²) in [6.45, 7) is 1.86. The zero-order chi connectivity index (χ0) is 11.9. The second-order valence-corrected chi connectivity index (χ2v) is 6.82. The van der Waals surface area contributed by atoms with Crippen molar-refractivity contribution < 1.29 is 8.42 Å². The van der Waals surface area contributed by atoms with Gasteiger partial charge in [0.25, 0.3) is 0 Å². The predicted molar refractivity (Wildman–Crippen MR) is 65.3 cm³/mol. The van der Waals surface area contributed by atoms with Gasteiger partial charge in [-0.2, -0.15) is 0 Å². The maximum atomic E-state index is 11.4. The Kier molecular flexibility index (Phi) is 2.73. The van der Waals surface area contributed by atoms with Crippen LogP contribution in [0.15, 0.2) is 23.1 Å². The number of aromatic nitrogens is 1. The Hall–Kier alpha value is -0.980. The minimum absolute atomic E-state index is 0.126. The summed E-state index contributed by atoms with van der Waals surface area (Å²) in [4.78, 5) is 4.65. The van der Waals surface area contributed by atoms with E-state index in [9.17, 15) is 8.42 Å². The fraction of sp³-hybridized carbons (Fsp3) is 0.300. The molecule has 6 heteroatoms. The first-order chi connectivity index (χ1) is 7.38. The van der Waals surface area contributed by atoms with Crippen LogP contribution in [0, 0.1) is 0 Å².